The minimum absolute atomic E-state index is 0.500. The Balaban J connectivity index is 2.28. The van der Waals surface area contributed by atoms with Gasteiger partial charge in [-0.15, -0.1) is 0 Å². The largest absolute Gasteiger partial charge is 0.397 e. The Morgan fingerprint density at radius 3 is 2.44 bits per heavy atom. The van der Waals surface area contributed by atoms with Gasteiger partial charge in [-0.05, 0) is 37.8 Å². The molecule has 1 unspecified atom stereocenters. The van der Waals surface area contributed by atoms with E-state index in [1.165, 1.54) is 12.8 Å². The second kappa shape index (κ2) is 4.34. The van der Waals surface area contributed by atoms with Crippen molar-refractivity contribution in [3.8, 4) is 0 Å². The van der Waals surface area contributed by atoms with E-state index >= 15 is 0 Å². The maximum absolute atomic E-state index is 6.02. The standard InChI is InChI=1S/C12H16Cl2N2/c1-7(8-3-4-8)16(2)12-6-10(14)9(13)5-11(12)15/h5-8H,3-4,15H2,1-2H3. The topological polar surface area (TPSA) is 29.3 Å². The number of halogens is 2. The second-order valence-electron chi connectivity index (χ2n) is 4.51. The highest BCUT2D eigenvalue weighted by Crippen LogP contribution is 2.39. The van der Waals surface area contributed by atoms with Crippen LogP contribution in [0.15, 0.2) is 12.1 Å². The molecule has 0 bridgehead atoms. The molecule has 2 nitrogen and oxygen atoms in total. The molecule has 0 heterocycles. The molecule has 0 spiro atoms. The van der Waals surface area contributed by atoms with Crippen LogP contribution in [0.2, 0.25) is 10.0 Å². The summed E-state index contributed by atoms with van der Waals surface area (Å²) in [6.45, 7) is 2.22. The van der Waals surface area contributed by atoms with Crippen LogP contribution < -0.4 is 10.6 Å². The van der Waals surface area contributed by atoms with Crippen LogP contribution in [0.5, 0.6) is 0 Å². The Bertz CT molecular complexity index is 402. The Morgan fingerprint density at radius 1 is 1.31 bits per heavy atom. The van der Waals surface area contributed by atoms with Crippen LogP contribution in [0.3, 0.4) is 0 Å². The zero-order valence-corrected chi connectivity index (χ0v) is 11.0. The van der Waals surface area contributed by atoms with Crippen molar-refractivity contribution in [2.24, 2.45) is 5.92 Å². The van der Waals surface area contributed by atoms with Gasteiger partial charge in [0.25, 0.3) is 0 Å². The molecule has 16 heavy (non-hydrogen) atoms. The van der Waals surface area contributed by atoms with E-state index in [0.717, 1.165) is 11.6 Å². The molecule has 0 amide bonds. The molecule has 1 fully saturated rings. The summed E-state index contributed by atoms with van der Waals surface area (Å²) in [7, 11) is 2.05. The van der Waals surface area contributed by atoms with Gasteiger partial charge in [0.05, 0.1) is 21.4 Å². The third-order valence-corrected chi connectivity index (χ3v) is 4.09. The van der Waals surface area contributed by atoms with Crippen LogP contribution in [0.25, 0.3) is 0 Å². The van der Waals surface area contributed by atoms with E-state index in [2.05, 4.69) is 18.9 Å². The minimum atomic E-state index is 0.500. The Hall–Kier alpha value is -0.600. The summed E-state index contributed by atoms with van der Waals surface area (Å²) < 4.78 is 0. The van der Waals surface area contributed by atoms with E-state index in [0.29, 0.717) is 21.8 Å². The molecule has 1 aromatic rings. The second-order valence-corrected chi connectivity index (χ2v) is 5.33. The lowest BCUT2D eigenvalue weighted by atomic mass is 10.1. The number of benzene rings is 1. The molecule has 1 aliphatic carbocycles. The van der Waals surface area contributed by atoms with Crippen molar-refractivity contribution in [1.82, 2.24) is 0 Å². The molecule has 1 aromatic carbocycles. The van der Waals surface area contributed by atoms with Crippen LogP contribution in [-0.2, 0) is 0 Å². The van der Waals surface area contributed by atoms with Gasteiger partial charge in [0.15, 0.2) is 0 Å². The highest BCUT2D eigenvalue weighted by Gasteiger charge is 2.31. The van der Waals surface area contributed by atoms with Crippen molar-refractivity contribution in [2.75, 3.05) is 17.7 Å². The summed E-state index contributed by atoms with van der Waals surface area (Å²) in [6, 6.07) is 4.06. The van der Waals surface area contributed by atoms with E-state index < -0.39 is 0 Å². The molecule has 0 aliphatic heterocycles. The van der Waals surface area contributed by atoms with Gasteiger partial charge in [-0.25, -0.2) is 0 Å². The zero-order valence-electron chi connectivity index (χ0n) is 9.50. The third kappa shape index (κ3) is 2.23. The first-order valence-electron chi connectivity index (χ1n) is 5.48. The lowest BCUT2D eigenvalue weighted by Crippen LogP contribution is -2.31. The number of nitrogen functional groups attached to an aromatic ring is 1. The predicted octanol–water partition coefficient (Wildman–Crippen LogP) is 3.81. The normalized spacial score (nSPS) is 17.2. The van der Waals surface area contributed by atoms with Crippen LogP contribution in [-0.4, -0.2) is 13.1 Å². The molecular formula is C12H16Cl2N2. The van der Waals surface area contributed by atoms with Crippen LogP contribution >= 0.6 is 23.2 Å². The monoisotopic (exact) mass is 258 g/mol. The van der Waals surface area contributed by atoms with Crippen LogP contribution in [0.1, 0.15) is 19.8 Å². The van der Waals surface area contributed by atoms with E-state index in [1.807, 2.05) is 6.07 Å². The molecule has 1 atom stereocenters. The number of hydrogen-bond acceptors (Lipinski definition) is 2. The highest BCUT2D eigenvalue weighted by molar-refractivity contribution is 6.42. The van der Waals surface area contributed by atoms with Crippen molar-refractivity contribution in [2.45, 2.75) is 25.8 Å². The van der Waals surface area contributed by atoms with Gasteiger partial charge in [0, 0.05) is 13.1 Å². The summed E-state index contributed by atoms with van der Waals surface area (Å²) in [5, 5.41) is 1.07. The maximum atomic E-state index is 6.02. The van der Waals surface area contributed by atoms with Crippen molar-refractivity contribution in [3.05, 3.63) is 22.2 Å². The van der Waals surface area contributed by atoms with Crippen LogP contribution in [0.4, 0.5) is 11.4 Å². The quantitative estimate of drug-likeness (QED) is 0.836. The number of nitrogens with two attached hydrogens (primary N) is 1. The summed E-state index contributed by atoms with van der Waals surface area (Å²) in [5.41, 5.74) is 7.62. The highest BCUT2D eigenvalue weighted by atomic mass is 35.5. The molecule has 0 aromatic heterocycles. The molecule has 4 heteroatoms. The Morgan fingerprint density at radius 2 is 1.88 bits per heavy atom. The Labute approximate surface area is 106 Å². The first kappa shape index (κ1) is 11.9. The van der Waals surface area contributed by atoms with Crippen molar-refractivity contribution in [3.63, 3.8) is 0 Å². The van der Waals surface area contributed by atoms with Gasteiger partial charge in [0.2, 0.25) is 0 Å². The fraction of sp³-hybridized carbons (Fsp3) is 0.500. The van der Waals surface area contributed by atoms with Gasteiger partial charge in [-0.1, -0.05) is 23.2 Å². The van der Waals surface area contributed by atoms with Crippen molar-refractivity contribution >= 4 is 34.6 Å². The van der Waals surface area contributed by atoms with E-state index in [9.17, 15) is 0 Å². The molecule has 1 saturated carbocycles. The minimum Gasteiger partial charge on any atom is -0.397 e. The van der Waals surface area contributed by atoms with Gasteiger partial charge >= 0.3 is 0 Å². The molecule has 0 radical (unpaired) electrons. The first-order chi connectivity index (χ1) is 7.50. The Kier molecular flexibility index (Phi) is 3.22. The smallest absolute Gasteiger partial charge is 0.0615 e. The lowest BCUT2D eigenvalue weighted by Gasteiger charge is -2.28. The van der Waals surface area contributed by atoms with E-state index in [4.69, 9.17) is 28.9 Å². The number of anilines is 2. The number of rotatable bonds is 3. The summed E-state index contributed by atoms with van der Waals surface area (Å²) in [5.74, 6) is 0.791. The van der Waals surface area contributed by atoms with Crippen molar-refractivity contribution in [1.29, 1.82) is 0 Å². The molecule has 2 rings (SSSR count). The van der Waals surface area contributed by atoms with E-state index in [1.54, 1.807) is 6.07 Å². The summed E-state index contributed by atoms with van der Waals surface area (Å²) in [6.07, 6.45) is 2.62. The molecule has 0 saturated heterocycles. The maximum Gasteiger partial charge on any atom is 0.0615 e. The third-order valence-electron chi connectivity index (χ3n) is 3.36. The van der Waals surface area contributed by atoms with E-state index in [-0.39, 0.29) is 0 Å². The van der Waals surface area contributed by atoms with Crippen molar-refractivity contribution < 1.29 is 0 Å². The molecule has 88 valence electrons. The molecule has 2 N–H and O–H groups in total. The molecule has 1 aliphatic rings. The average Bonchev–Trinajstić information content (AvgIpc) is 3.05. The van der Waals surface area contributed by atoms with Crippen LogP contribution in [0, 0.1) is 5.92 Å². The summed E-state index contributed by atoms with van der Waals surface area (Å²) >= 11 is 11.9. The number of nitrogens with zero attached hydrogens (tertiary/aromatic N) is 1. The van der Waals surface area contributed by atoms with Gasteiger partial charge in [0.1, 0.15) is 0 Å². The predicted molar refractivity (Wildman–Crippen MR) is 71.5 cm³/mol. The average molecular weight is 259 g/mol. The first-order valence-corrected chi connectivity index (χ1v) is 6.23. The molecular weight excluding hydrogens is 243 g/mol. The van der Waals surface area contributed by atoms with Gasteiger partial charge in [-0.3, -0.25) is 0 Å². The SMILES string of the molecule is CC(C1CC1)N(C)c1cc(Cl)c(Cl)cc1N. The van der Waals surface area contributed by atoms with Gasteiger partial charge < -0.3 is 10.6 Å². The fourth-order valence-corrected chi connectivity index (χ4v) is 2.30. The zero-order chi connectivity index (χ0) is 11.9. The lowest BCUT2D eigenvalue weighted by molar-refractivity contribution is 0.610. The fourth-order valence-electron chi connectivity index (χ4n) is 1.97. The van der Waals surface area contributed by atoms with Gasteiger partial charge in [-0.2, -0.15) is 0 Å². The summed E-state index contributed by atoms with van der Waals surface area (Å²) in [4.78, 5) is 2.19. The number of hydrogen-bond donors (Lipinski definition) is 1.